The first-order valence-corrected chi connectivity index (χ1v) is 7.39. The maximum Gasteiger partial charge on any atom is 0.234 e. The summed E-state index contributed by atoms with van der Waals surface area (Å²) in [5.41, 5.74) is 0. The zero-order valence-corrected chi connectivity index (χ0v) is 11.5. The summed E-state index contributed by atoms with van der Waals surface area (Å²) in [7, 11) is 0. The summed E-state index contributed by atoms with van der Waals surface area (Å²) in [5, 5.41) is 0. The van der Waals surface area contributed by atoms with Gasteiger partial charge in [-0.1, -0.05) is 19.1 Å². The summed E-state index contributed by atoms with van der Waals surface area (Å²) in [4.78, 5) is 28.4. The summed E-state index contributed by atoms with van der Waals surface area (Å²) in [6.07, 6.45) is 7.90. The number of carbonyl (C=O) groups is 2. The quantitative estimate of drug-likeness (QED) is 0.561. The maximum atomic E-state index is 12.3. The van der Waals surface area contributed by atoms with Crippen LogP contribution >= 0.6 is 0 Å². The van der Waals surface area contributed by atoms with Crippen LogP contribution in [0.1, 0.15) is 32.6 Å². The summed E-state index contributed by atoms with van der Waals surface area (Å²) >= 11 is 0. The van der Waals surface area contributed by atoms with Gasteiger partial charge in [-0.05, 0) is 31.6 Å². The van der Waals surface area contributed by atoms with Crippen LogP contribution in [0, 0.1) is 17.8 Å². The van der Waals surface area contributed by atoms with Gasteiger partial charge in [-0.15, -0.1) is 0 Å². The van der Waals surface area contributed by atoms with E-state index < -0.39 is 0 Å². The molecule has 2 amide bonds. The van der Waals surface area contributed by atoms with Crippen molar-refractivity contribution < 1.29 is 9.59 Å². The molecule has 19 heavy (non-hydrogen) atoms. The minimum atomic E-state index is -0.0822. The van der Waals surface area contributed by atoms with Crippen molar-refractivity contribution in [3.63, 3.8) is 0 Å². The van der Waals surface area contributed by atoms with Crippen molar-refractivity contribution >= 4 is 11.8 Å². The summed E-state index contributed by atoms with van der Waals surface area (Å²) in [6, 6.07) is 0. The lowest BCUT2D eigenvalue weighted by Crippen LogP contribution is -2.44. The second-order valence-corrected chi connectivity index (χ2v) is 6.20. The van der Waals surface area contributed by atoms with E-state index >= 15 is 0 Å². The molecule has 2 atom stereocenters. The SMILES string of the molecule is CC1CCN(CN2C(=O)C3CC=CCC3C2=O)CC1. The molecule has 0 aromatic rings. The monoisotopic (exact) mass is 262 g/mol. The number of nitrogens with zero attached hydrogens (tertiary/aromatic N) is 2. The first kappa shape index (κ1) is 12.9. The van der Waals surface area contributed by atoms with E-state index in [1.54, 1.807) is 0 Å². The summed E-state index contributed by atoms with van der Waals surface area (Å²) in [6.45, 7) is 4.79. The van der Waals surface area contributed by atoms with Crippen LogP contribution in [0.5, 0.6) is 0 Å². The van der Waals surface area contributed by atoms with Crippen molar-refractivity contribution in [2.45, 2.75) is 32.6 Å². The number of hydrogen-bond donors (Lipinski definition) is 0. The predicted molar refractivity (Wildman–Crippen MR) is 72.0 cm³/mol. The zero-order valence-electron chi connectivity index (χ0n) is 11.5. The third-order valence-electron chi connectivity index (χ3n) is 4.82. The normalized spacial score (nSPS) is 33.0. The number of fused-ring (bicyclic) bond motifs is 1. The first-order valence-electron chi connectivity index (χ1n) is 7.39. The molecule has 2 unspecified atom stereocenters. The maximum absolute atomic E-state index is 12.3. The van der Waals surface area contributed by atoms with Crippen LogP contribution in [0.2, 0.25) is 0 Å². The molecule has 104 valence electrons. The predicted octanol–water partition coefficient (Wildman–Crippen LogP) is 1.63. The highest BCUT2D eigenvalue weighted by Gasteiger charge is 2.47. The molecule has 0 bridgehead atoms. The average Bonchev–Trinajstić information content (AvgIpc) is 2.67. The van der Waals surface area contributed by atoms with Gasteiger partial charge in [-0.25, -0.2) is 0 Å². The molecule has 0 aromatic carbocycles. The van der Waals surface area contributed by atoms with Crippen molar-refractivity contribution in [2.75, 3.05) is 19.8 Å². The van der Waals surface area contributed by atoms with Crippen LogP contribution in [-0.2, 0) is 9.59 Å². The van der Waals surface area contributed by atoms with Crippen LogP contribution in [0.25, 0.3) is 0 Å². The highest BCUT2D eigenvalue weighted by Crippen LogP contribution is 2.35. The van der Waals surface area contributed by atoms with E-state index in [1.165, 1.54) is 17.7 Å². The van der Waals surface area contributed by atoms with Crippen LogP contribution in [0.4, 0.5) is 0 Å². The Balaban J connectivity index is 1.65. The van der Waals surface area contributed by atoms with Crippen LogP contribution < -0.4 is 0 Å². The van der Waals surface area contributed by atoms with Gasteiger partial charge in [-0.2, -0.15) is 0 Å². The lowest BCUT2D eigenvalue weighted by atomic mass is 9.85. The number of rotatable bonds is 2. The number of likely N-dealkylation sites (tertiary alicyclic amines) is 2. The molecule has 3 aliphatic rings. The lowest BCUT2D eigenvalue weighted by molar-refractivity contribution is -0.142. The Bertz CT molecular complexity index is 384. The molecule has 0 N–H and O–H groups in total. The molecule has 3 rings (SSSR count). The van der Waals surface area contributed by atoms with Crippen molar-refractivity contribution in [3.8, 4) is 0 Å². The standard InChI is InChI=1S/C15H22N2O2/c1-11-6-8-16(9-7-11)10-17-14(18)12-4-2-3-5-13(12)15(17)19/h2-3,11-13H,4-10H2,1H3. The Morgan fingerprint density at radius 3 is 2.11 bits per heavy atom. The molecule has 1 aliphatic carbocycles. The Kier molecular flexibility index (Phi) is 3.44. The molecule has 2 heterocycles. The van der Waals surface area contributed by atoms with E-state index in [1.807, 2.05) is 12.2 Å². The van der Waals surface area contributed by atoms with E-state index in [9.17, 15) is 9.59 Å². The molecule has 0 radical (unpaired) electrons. The molecule has 4 nitrogen and oxygen atoms in total. The summed E-state index contributed by atoms with van der Waals surface area (Å²) < 4.78 is 0. The van der Waals surface area contributed by atoms with E-state index in [2.05, 4.69) is 11.8 Å². The molecule has 2 aliphatic heterocycles. The average molecular weight is 262 g/mol. The van der Waals surface area contributed by atoms with E-state index in [4.69, 9.17) is 0 Å². The highest BCUT2D eigenvalue weighted by molar-refractivity contribution is 6.05. The second-order valence-electron chi connectivity index (χ2n) is 6.20. The molecule has 2 saturated heterocycles. The number of hydrogen-bond acceptors (Lipinski definition) is 3. The van der Waals surface area contributed by atoms with E-state index in [0.717, 1.165) is 31.8 Å². The first-order chi connectivity index (χ1) is 9.16. The fraction of sp³-hybridized carbons (Fsp3) is 0.733. The molecule has 2 fully saturated rings. The minimum Gasteiger partial charge on any atom is -0.286 e. The van der Waals surface area contributed by atoms with Gasteiger partial charge in [0.2, 0.25) is 11.8 Å². The minimum absolute atomic E-state index is 0.0537. The van der Waals surface area contributed by atoms with Gasteiger partial charge in [0.25, 0.3) is 0 Å². The van der Waals surface area contributed by atoms with Crippen LogP contribution in [-0.4, -0.2) is 41.4 Å². The Morgan fingerprint density at radius 2 is 1.58 bits per heavy atom. The van der Waals surface area contributed by atoms with Gasteiger partial charge in [0, 0.05) is 13.1 Å². The topological polar surface area (TPSA) is 40.6 Å². The second kappa shape index (κ2) is 5.08. The largest absolute Gasteiger partial charge is 0.286 e. The number of imide groups is 1. The van der Waals surface area contributed by atoms with Crippen molar-refractivity contribution in [3.05, 3.63) is 12.2 Å². The van der Waals surface area contributed by atoms with Gasteiger partial charge >= 0.3 is 0 Å². The number of piperidine rings is 1. The summed E-state index contributed by atoms with van der Waals surface area (Å²) in [5.74, 6) is 0.714. The van der Waals surface area contributed by atoms with Gasteiger partial charge in [0.1, 0.15) is 0 Å². The van der Waals surface area contributed by atoms with Crippen LogP contribution in [0.15, 0.2) is 12.2 Å². The van der Waals surface area contributed by atoms with Gasteiger partial charge in [0.05, 0.1) is 18.5 Å². The number of carbonyl (C=O) groups excluding carboxylic acids is 2. The lowest BCUT2D eigenvalue weighted by Gasteiger charge is -2.32. The molecule has 0 aromatic heterocycles. The van der Waals surface area contributed by atoms with Crippen molar-refractivity contribution in [1.82, 2.24) is 9.80 Å². The van der Waals surface area contributed by atoms with Crippen LogP contribution in [0.3, 0.4) is 0 Å². The molecule has 0 spiro atoms. The van der Waals surface area contributed by atoms with E-state index in [-0.39, 0.29) is 23.7 Å². The Morgan fingerprint density at radius 1 is 1.05 bits per heavy atom. The van der Waals surface area contributed by atoms with Gasteiger partial charge in [-0.3, -0.25) is 19.4 Å². The van der Waals surface area contributed by atoms with Gasteiger partial charge in [0.15, 0.2) is 0 Å². The number of amides is 2. The van der Waals surface area contributed by atoms with Crippen molar-refractivity contribution in [2.24, 2.45) is 17.8 Å². The molecule has 4 heteroatoms. The fourth-order valence-electron chi connectivity index (χ4n) is 3.41. The third kappa shape index (κ3) is 2.34. The third-order valence-corrected chi connectivity index (χ3v) is 4.82. The zero-order chi connectivity index (χ0) is 13.4. The number of allylic oxidation sites excluding steroid dienone is 2. The molecular weight excluding hydrogens is 240 g/mol. The van der Waals surface area contributed by atoms with E-state index in [0.29, 0.717) is 6.67 Å². The Hall–Kier alpha value is -1.16. The van der Waals surface area contributed by atoms with Gasteiger partial charge < -0.3 is 0 Å². The Labute approximate surface area is 114 Å². The molecule has 0 saturated carbocycles. The fourth-order valence-corrected chi connectivity index (χ4v) is 3.41. The van der Waals surface area contributed by atoms with Crippen molar-refractivity contribution in [1.29, 1.82) is 0 Å². The highest BCUT2D eigenvalue weighted by atomic mass is 16.2. The smallest absolute Gasteiger partial charge is 0.234 e. The molecular formula is C15H22N2O2.